The molecule has 5 heteroatoms. The van der Waals surface area contributed by atoms with Gasteiger partial charge < -0.3 is 10.1 Å². The van der Waals surface area contributed by atoms with Gasteiger partial charge in [-0.05, 0) is 25.3 Å². The number of hydrogen-bond acceptors (Lipinski definition) is 4. The van der Waals surface area contributed by atoms with Crippen LogP contribution in [-0.4, -0.2) is 17.6 Å². The lowest BCUT2D eigenvalue weighted by molar-refractivity contribution is -0.385. The minimum Gasteiger partial charge on any atom is -0.487 e. The van der Waals surface area contributed by atoms with E-state index in [1.807, 2.05) is 6.92 Å². The summed E-state index contributed by atoms with van der Waals surface area (Å²) in [7, 11) is 0. The molecule has 112 valence electrons. The van der Waals surface area contributed by atoms with Crippen molar-refractivity contribution in [1.82, 2.24) is 0 Å². The minimum atomic E-state index is -0.405. The van der Waals surface area contributed by atoms with E-state index in [1.165, 1.54) is 6.07 Å². The smallest absolute Gasteiger partial charge is 0.311 e. The lowest BCUT2D eigenvalue weighted by atomic mass is 10.1. The van der Waals surface area contributed by atoms with Crippen LogP contribution in [0.4, 0.5) is 11.4 Å². The first-order chi connectivity index (χ1) is 9.62. The summed E-state index contributed by atoms with van der Waals surface area (Å²) in [6, 6.07) is 5.37. The molecule has 0 aromatic heterocycles. The van der Waals surface area contributed by atoms with E-state index < -0.39 is 4.92 Å². The quantitative estimate of drug-likeness (QED) is 0.538. The van der Waals surface area contributed by atoms with Crippen molar-refractivity contribution in [3.8, 4) is 5.75 Å². The standard InChI is InChI=1S/C15H24N2O3/c1-4-7-12(6-3)16-13-8-9-14(17(18)19)15(11-13)20-10-5-2/h8-9,11-12,16H,4-7,10H2,1-3H3. The van der Waals surface area contributed by atoms with Crippen molar-refractivity contribution in [2.24, 2.45) is 0 Å². The third kappa shape index (κ3) is 4.72. The average Bonchev–Trinajstić information content (AvgIpc) is 2.44. The van der Waals surface area contributed by atoms with Gasteiger partial charge in [-0.25, -0.2) is 0 Å². The van der Waals surface area contributed by atoms with Gasteiger partial charge in [-0.2, -0.15) is 0 Å². The van der Waals surface area contributed by atoms with Gasteiger partial charge in [0.2, 0.25) is 0 Å². The fourth-order valence-electron chi connectivity index (χ4n) is 2.04. The van der Waals surface area contributed by atoms with E-state index in [9.17, 15) is 10.1 Å². The van der Waals surface area contributed by atoms with Crippen molar-refractivity contribution in [2.75, 3.05) is 11.9 Å². The molecule has 1 aromatic carbocycles. The Bertz CT molecular complexity index is 435. The molecule has 0 spiro atoms. The zero-order valence-corrected chi connectivity index (χ0v) is 12.5. The Hall–Kier alpha value is -1.78. The van der Waals surface area contributed by atoms with E-state index in [2.05, 4.69) is 19.2 Å². The van der Waals surface area contributed by atoms with E-state index in [0.29, 0.717) is 18.4 Å². The predicted molar refractivity (Wildman–Crippen MR) is 81.5 cm³/mol. The van der Waals surface area contributed by atoms with Crippen LogP contribution in [0.1, 0.15) is 46.5 Å². The molecule has 5 nitrogen and oxygen atoms in total. The lowest BCUT2D eigenvalue weighted by Gasteiger charge is -2.18. The van der Waals surface area contributed by atoms with Crippen LogP contribution in [0.15, 0.2) is 18.2 Å². The normalized spacial score (nSPS) is 11.9. The van der Waals surface area contributed by atoms with Crippen LogP contribution in [0, 0.1) is 10.1 Å². The maximum atomic E-state index is 11.0. The van der Waals surface area contributed by atoms with Crippen LogP contribution in [0.2, 0.25) is 0 Å². The Morgan fingerprint density at radius 2 is 2.05 bits per heavy atom. The van der Waals surface area contributed by atoms with Gasteiger partial charge in [0, 0.05) is 23.9 Å². The van der Waals surface area contributed by atoms with Crippen molar-refractivity contribution in [3.05, 3.63) is 28.3 Å². The number of nitro groups is 1. The first-order valence-corrected chi connectivity index (χ1v) is 7.30. The summed E-state index contributed by atoms with van der Waals surface area (Å²) in [6.45, 7) is 6.74. The summed E-state index contributed by atoms with van der Waals surface area (Å²) < 4.78 is 5.48. The molecule has 1 rings (SSSR count). The number of benzene rings is 1. The molecule has 0 aliphatic heterocycles. The second-order valence-electron chi connectivity index (χ2n) is 4.83. The third-order valence-electron chi connectivity index (χ3n) is 3.12. The number of anilines is 1. The molecule has 0 fully saturated rings. The summed E-state index contributed by atoms with van der Waals surface area (Å²) in [5.74, 6) is 0.341. The maximum absolute atomic E-state index is 11.0. The molecule has 1 atom stereocenters. The van der Waals surface area contributed by atoms with Gasteiger partial charge in [0.25, 0.3) is 0 Å². The van der Waals surface area contributed by atoms with Crippen molar-refractivity contribution in [2.45, 2.75) is 52.5 Å². The Labute approximate surface area is 120 Å². The Kier molecular flexibility index (Phi) is 6.84. The average molecular weight is 280 g/mol. The fraction of sp³-hybridized carbons (Fsp3) is 0.600. The van der Waals surface area contributed by atoms with E-state index in [0.717, 1.165) is 31.4 Å². The third-order valence-corrected chi connectivity index (χ3v) is 3.12. The number of nitro benzene ring substituents is 1. The maximum Gasteiger partial charge on any atom is 0.311 e. The van der Waals surface area contributed by atoms with E-state index >= 15 is 0 Å². The Balaban J connectivity index is 2.90. The van der Waals surface area contributed by atoms with Crippen LogP contribution in [-0.2, 0) is 0 Å². The monoisotopic (exact) mass is 280 g/mol. The van der Waals surface area contributed by atoms with Gasteiger partial charge in [0.15, 0.2) is 5.75 Å². The largest absolute Gasteiger partial charge is 0.487 e. The second kappa shape index (κ2) is 8.40. The van der Waals surface area contributed by atoms with Gasteiger partial charge in [0.1, 0.15) is 0 Å². The highest BCUT2D eigenvalue weighted by molar-refractivity contribution is 5.58. The molecule has 0 amide bonds. The van der Waals surface area contributed by atoms with Crippen LogP contribution in [0.5, 0.6) is 5.75 Å². The topological polar surface area (TPSA) is 64.4 Å². The molecule has 0 aliphatic rings. The minimum absolute atomic E-state index is 0.0209. The first-order valence-electron chi connectivity index (χ1n) is 7.30. The van der Waals surface area contributed by atoms with Crippen molar-refractivity contribution >= 4 is 11.4 Å². The molecular formula is C15H24N2O3. The van der Waals surface area contributed by atoms with E-state index in [1.54, 1.807) is 12.1 Å². The Morgan fingerprint density at radius 3 is 2.60 bits per heavy atom. The lowest BCUT2D eigenvalue weighted by Crippen LogP contribution is -2.18. The summed E-state index contributed by atoms with van der Waals surface area (Å²) in [4.78, 5) is 10.6. The summed E-state index contributed by atoms with van der Waals surface area (Å²) >= 11 is 0. The van der Waals surface area contributed by atoms with Crippen LogP contribution < -0.4 is 10.1 Å². The van der Waals surface area contributed by atoms with Crippen LogP contribution in [0.25, 0.3) is 0 Å². The summed E-state index contributed by atoms with van der Waals surface area (Å²) in [6.07, 6.45) is 4.04. The second-order valence-corrected chi connectivity index (χ2v) is 4.83. The first kappa shape index (κ1) is 16.3. The Morgan fingerprint density at radius 1 is 1.30 bits per heavy atom. The van der Waals surface area contributed by atoms with Gasteiger partial charge in [-0.3, -0.25) is 10.1 Å². The van der Waals surface area contributed by atoms with Gasteiger partial charge in [-0.1, -0.05) is 27.2 Å². The van der Waals surface area contributed by atoms with Gasteiger partial charge >= 0.3 is 5.69 Å². The molecular weight excluding hydrogens is 256 g/mol. The summed E-state index contributed by atoms with van der Waals surface area (Å²) in [5, 5.41) is 14.4. The fourth-order valence-corrected chi connectivity index (χ4v) is 2.04. The number of nitrogens with one attached hydrogen (secondary N) is 1. The molecule has 0 radical (unpaired) electrons. The number of nitrogens with zero attached hydrogens (tertiary/aromatic N) is 1. The summed E-state index contributed by atoms with van der Waals surface area (Å²) in [5.41, 5.74) is 0.898. The van der Waals surface area contributed by atoms with Crippen LogP contribution >= 0.6 is 0 Å². The zero-order chi connectivity index (χ0) is 15.0. The highest BCUT2D eigenvalue weighted by atomic mass is 16.6. The van der Waals surface area contributed by atoms with Crippen molar-refractivity contribution in [1.29, 1.82) is 0 Å². The predicted octanol–water partition coefficient (Wildman–Crippen LogP) is 4.37. The van der Waals surface area contributed by atoms with E-state index in [-0.39, 0.29) is 5.69 Å². The molecule has 0 bridgehead atoms. The molecule has 0 saturated heterocycles. The van der Waals surface area contributed by atoms with Gasteiger partial charge in [-0.15, -0.1) is 0 Å². The van der Waals surface area contributed by atoms with Crippen molar-refractivity contribution < 1.29 is 9.66 Å². The number of rotatable bonds is 9. The molecule has 20 heavy (non-hydrogen) atoms. The highest BCUT2D eigenvalue weighted by Gasteiger charge is 2.16. The number of hydrogen-bond donors (Lipinski definition) is 1. The molecule has 1 unspecified atom stereocenters. The highest BCUT2D eigenvalue weighted by Crippen LogP contribution is 2.30. The molecule has 0 aliphatic carbocycles. The SMILES string of the molecule is CCCOc1cc(NC(CC)CCC)ccc1[N+](=O)[O-]. The van der Waals surface area contributed by atoms with Gasteiger partial charge in [0.05, 0.1) is 11.5 Å². The molecule has 1 aromatic rings. The van der Waals surface area contributed by atoms with E-state index in [4.69, 9.17) is 4.74 Å². The van der Waals surface area contributed by atoms with Crippen LogP contribution in [0.3, 0.4) is 0 Å². The molecule has 0 saturated carbocycles. The zero-order valence-electron chi connectivity index (χ0n) is 12.5. The molecule has 1 N–H and O–H groups in total. The van der Waals surface area contributed by atoms with Crippen molar-refractivity contribution in [3.63, 3.8) is 0 Å². The number of ether oxygens (including phenoxy) is 1. The molecule has 0 heterocycles.